The molecule has 5 aromatic rings. The second kappa shape index (κ2) is 11.6. The maximum atomic E-state index is 13.2. The van der Waals surface area contributed by atoms with Gasteiger partial charge < -0.3 is 10.1 Å². The minimum Gasteiger partial charge on any atom is -0.409 e. The number of nitro groups is 1. The van der Waals surface area contributed by atoms with Crippen molar-refractivity contribution in [3.63, 3.8) is 0 Å². The molecule has 0 saturated carbocycles. The van der Waals surface area contributed by atoms with Gasteiger partial charge in [-0.1, -0.05) is 30.0 Å². The van der Waals surface area contributed by atoms with E-state index in [2.05, 4.69) is 15.4 Å². The monoisotopic (exact) mass is 551 g/mol. The molecule has 0 unspecified atom stereocenters. The van der Waals surface area contributed by atoms with Gasteiger partial charge in [0.1, 0.15) is 5.75 Å². The van der Waals surface area contributed by atoms with Crippen LogP contribution in [-0.2, 0) is 0 Å². The summed E-state index contributed by atoms with van der Waals surface area (Å²) >= 11 is 1.38. The summed E-state index contributed by atoms with van der Waals surface area (Å²) < 4.78 is 6.63. The van der Waals surface area contributed by atoms with Gasteiger partial charge in [0.25, 0.3) is 11.6 Å². The van der Waals surface area contributed by atoms with Crippen molar-refractivity contribution in [1.29, 1.82) is 0 Å². The third-order valence-electron chi connectivity index (χ3n) is 5.79. The number of nitrogens with zero attached hydrogens (tertiary/aromatic N) is 4. The van der Waals surface area contributed by atoms with Crippen LogP contribution in [0.25, 0.3) is 23.1 Å². The Balaban J connectivity index is 1.53. The minimum atomic E-state index is -0.788. The number of fused-ring (bicyclic) bond motifs is 1. The minimum absolute atomic E-state index is 0.120. The van der Waals surface area contributed by atoms with Crippen molar-refractivity contribution in [2.24, 2.45) is 0 Å². The predicted molar refractivity (Wildman–Crippen MR) is 151 cm³/mol. The Kier molecular flexibility index (Phi) is 7.65. The number of nitrogens with one attached hydrogen (secondary N) is 1. The van der Waals surface area contributed by atoms with Crippen molar-refractivity contribution in [1.82, 2.24) is 20.1 Å². The molecule has 0 fully saturated rings. The number of rotatable bonds is 7. The van der Waals surface area contributed by atoms with E-state index in [0.717, 1.165) is 20.2 Å². The molecule has 10 nitrogen and oxygen atoms in total. The second-order valence-corrected chi connectivity index (χ2v) is 9.48. The first kappa shape index (κ1) is 26.3. The summed E-state index contributed by atoms with van der Waals surface area (Å²) in [6, 6.07) is 23.5. The van der Waals surface area contributed by atoms with Crippen molar-refractivity contribution in [2.75, 3.05) is 7.05 Å². The molecular weight excluding hydrogens is 530 g/mol. The van der Waals surface area contributed by atoms with Crippen LogP contribution in [0, 0.1) is 10.1 Å². The smallest absolute Gasteiger partial charge is 0.409 e. The summed E-state index contributed by atoms with van der Waals surface area (Å²) in [6.45, 7) is 0. The van der Waals surface area contributed by atoms with Gasteiger partial charge >= 0.3 is 6.09 Å². The summed E-state index contributed by atoms with van der Waals surface area (Å²) in [5.41, 5.74) is 2.13. The van der Waals surface area contributed by atoms with Crippen molar-refractivity contribution in [3.8, 4) is 5.75 Å². The zero-order chi connectivity index (χ0) is 28.1. The number of nitro benzene ring substituents is 1. The molecule has 2 aromatic heterocycles. The Morgan fingerprint density at radius 2 is 1.77 bits per heavy atom. The Hall–Kier alpha value is -5.29. The number of benzene rings is 3. The summed E-state index contributed by atoms with van der Waals surface area (Å²) in [6.07, 6.45) is 4.44. The van der Waals surface area contributed by atoms with Gasteiger partial charge in [0.15, 0.2) is 0 Å². The topological polar surface area (TPSA) is 129 Å². The Bertz CT molecular complexity index is 1750. The molecule has 40 heavy (non-hydrogen) atoms. The zero-order valence-electron chi connectivity index (χ0n) is 21.1. The Labute approximate surface area is 232 Å². The van der Waals surface area contributed by atoms with E-state index < -0.39 is 11.0 Å². The van der Waals surface area contributed by atoms with Crippen LogP contribution in [0.15, 0.2) is 101 Å². The quantitative estimate of drug-likeness (QED) is 0.191. The lowest BCUT2D eigenvalue weighted by molar-refractivity contribution is -0.384. The average molecular weight is 552 g/mol. The SMILES string of the molecule is CNC(=O)c1ccccc1Sc1ccc2c(C=Cc3ccccn3)nn(C(=O)Oc3ccc([N+](=O)[O-])cc3)c2c1. The van der Waals surface area contributed by atoms with Crippen LogP contribution < -0.4 is 10.1 Å². The van der Waals surface area contributed by atoms with Crippen LogP contribution in [0.3, 0.4) is 0 Å². The van der Waals surface area contributed by atoms with E-state index in [9.17, 15) is 19.7 Å². The predicted octanol–water partition coefficient (Wildman–Crippen LogP) is 6.07. The lowest BCUT2D eigenvalue weighted by atomic mass is 10.2. The molecular formula is C29H21N5O5S. The van der Waals surface area contributed by atoms with E-state index in [0.29, 0.717) is 22.2 Å². The van der Waals surface area contributed by atoms with Crippen LogP contribution in [0.4, 0.5) is 10.5 Å². The number of carbonyl (C=O) groups is 2. The fraction of sp³-hybridized carbons (Fsp3) is 0.0345. The number of non-ortho nitro benzene ring substituents is 1. The van der Waals surface area contributed by atoms with Crippen molar-refractivity contribution in [2.45, 2.75) is 9.79 Å². The van der Waals surface area contributed by atoms with Crippen LogP contribution in [0.2, 0.25) is 0 Å². The van der Waals surface area contributed by atoms with E-state index in [4.69, 9.17) is 4.74 Å². The Morgan fingerprint density at radius 1 is 1.00 bits per heavy atom. The third-order valence-corrected chi connectivity index (χ3v) is 6.86. The summed E-state index contributed by atoms with van der Waals surface area (Å²) in [5.74, 6) is -0.0716. The van der Waals surface area contributed by atoms with Crippen LogP contribution in [0.5, 0.6) is 5.75 Å². The van der Waals surface area contributed by atoms with E-state index in [1.54, 1.807) is 43.6 Å². The first-order valence-electron chi connectivity index (χ1n) is 12.0. The number of hydrogen-bond donors (Lipinski definition) is 1. The molecule has 0 atom stereocenters. The number of hydrogen-bond acceptors (Lipinski definition) is 8. The van der Waals surface area contributed by atoms with E-state index in [-0.39, 0.29) is 17.3 Å². The van der Waals surface area contributed by atoms with Gasteiger partial charge in [-0.05, 0) is 66.7 Å². The molecule has 0 bridgehead atoms. The number of aromatic nitrogens is 3. The first-order chi connectivity index (χ1) is 19.4. The van der Waals surface area contributed by atoms with Gasteiger partial charge in [-0.25, -0.2) is 4.79 Å². The number of pyridine rings is 1. The number of amides is 1. The molecule has 0 aliphatic carbocycles. The molecule has 3 aromatic carbocycles. The fourth-order valence-electron chi connectivity index (χ4n) is 3.87. The molecule has 0 aliphatic heterocycles. The largest absolute Gasteiger partial charge is 0.440 e. The molecule has 1 amide bonds. The van der Waals surface area contributed by atoms with Gasteiger partial charge in [0.05, 0.1) is 27.4 Å². The van der Waals surface area contributed by atoms with Gasteiger partial charge in [-0.2, -0.15) is 9.78 Å². The molecule has 5 rings (SSSR count). The maximum absolute atomic E-state index is 13.2. The second-order valence-electron chi connectivity index (χ2n) is 8.36. The summed E-state index contributed by atoms with van der Waals surface area (Å²) in [7, 11) is 1.57. The lowest BCUT2D eigenvalue weighted by Crippen LogP contribution is -2.18. The average Bonchev–Trinajstić information content (AvgIpc) is 3.34. The Morgan fingerprint density at radius 3 is 2.50 bits per heavy atom. The highest BCUT2D eigenvalue weighted by molar-refractivity contribution is 7.99. The van der Waals surface area contributed by atoms with E-state index >= 15 is 0 Å². The number of ether oxygens (including phenoxy) is 1. The van der Waals surface area contributed by atoms with Gasteiger partial charge in [0.2, 0.25) is 0 Å². The van der Waals surface area contributed by atoms with E-state index in [1.807, 2.05) is 42.5 Å². The van der Waals surface area contributed by atoms with Gasteiger partial charge in [-0.3, -0.25) is 19.9 Å². The highest BCUT2D eigenvalue weighted by Crippen LogP contribution is 2.34. The van der Waals surface area contributed by atoms with Crippen LogP contribution in [0.1, 0.15) is 21.7 Å². The molecule has 198 valence electrons. The van der Waals surface area contributed by atoms with Crippen molar-refractivity contribution >= 4 is 52.5 Å². The van der Waals surface area contributed by atoms with Crippen molar-refractivity contribution < 1.29 is 19.2 Å². The standard InChI is InChI=1S/C29H21N5O5S/c1-30-28(35)24-7-2-3-8-27(24)40-22-14-15-23-25(16-9-19-6-4-5-17-31-19)32-33(26(23)18-22)29(36)39-21-12-10-20(11-13-21)34(37)38/h2-18H,1H3,(H,30,35). The lowest BCUT2D eigenvalue weighted by Gasteiger charge is -2.09. The summed E-state index contributed by atoms with van der Waals surface area (Å²) in [5, 5.41) is 18.8. The first-order valence-corrected chi connectivity index (χ1v) is 12.8. The number of carbonyl (C=O) groups excluding carboxylic acids is 2. The molecule has 2 heterocycles. The molecule has 0 radical (unpaired) electrons. The van der Waals surface area contributed by atoms with Crippen LogP contribution in [-0.4, -0.2) is 38.7 Å². The molecule has 0 saturated heterocycles. The normalized spacial score (nSPS) is 11.0. The highest BCUT2D eigenvalue weighted by atomic mass is 32.2. The van der Waals surface area contributed by atoms with Crippen molar-refractivity contribution in [3.05, 3.63) is 118 Å². The van der Waals surface area contributed by atoms with E-state index in [1.165, 1.54) is 36.0 Å². The summed E-state index contributed by atoms with van der Waals surface area (Å²) in [4.78, 5) is 41.8. The molecule has 11 heteroatoms. The highest BCUT2D eigenvalue weighted by Gasteiger charge is 2.19. The zero-order valence-corrected chi connectivity index (χ0v) is 21.9. The third kappa shape index (κ3) is 5.74. The fourth-order valence-corrected chi connectivity index (χ4v) is 4.85. The van der Waals surface area contributed by atoms with Crippen LogP contribution >= 0.6 is 11.8 Å². The maximum Gasteiger partial charge on any atom is 0.440 e. The van der Waals surface area contributed by atoms with Gasteiger partial charge in [-0.15, -0.1) is 0 Å². The van der Waals surface area contributed by atoms with Gasteiger partial charge in [0, 0.05) is 40.6 Å². The molecule has 0 aliphatic rings. The molecule has 0 spiro atoms. The molecule has 1 N–H and O–H groups in total.